The molecule has 0 saturated carbocycles. The van der Waals surface area contributed by atoms with E-state index in [0.717, 1.165) is 22.1 Å². The Morgan fingerprint density at radius 3 is 2.65 bits per heavy atom. The highest BCUT2D eigenvalue weighted by molar-refractivity contribution is 5.88. The number of aliphatic hydroxyl groups is 1. The molecule has 2 aromatic carbocycles. The number of aliphatic hydroxyl groups excluding tert-OH is 1. The number of hydrogen-bond donors (Lipinski definition) is 2. The van der Waals surface area contributed by atoms with Crippen LogP contribution in [0.15, 0.2) is 36.4 Å². The first-order chi connectivity index (χ1) is 8.31. The van der Waals surface area contributed by atoms with E-state index in [9.17, 15) is 5.11 Å². The predicted octanol–water partition coefficient (Wildman–Crippen LogP) is 2.10. The molecule has 0 heterocycles. The fourth-order valence-corrected chi connectivity index (χ4v) is 2.14. The summed E-state index contributed by atoms with van der Waals surface area (Å²) in [6, 6.07) is 12.0. The lowest BCUT2D eigenvalue weighted by Gasteiger charge is -2.19. The summed E-state index contributed by atoms with van der Waals surface area (Å²) in [7, 11) is 3.49. The molecule has 0 aliphatic carbocycles. The quantitative estimate of drug-likeness (QED) is 0.846. The number of hydrogen-bond acceptors (Lipinski definition) is 3. The molecule has 0 fully saturated rings. The van der Waals surface area contributed by atoms with E-state index in [2.05, 4.69) is 11.4 Å². The fourth-order valence-electron chi connectivity index (χ4n) is 2.14. The van der Waals surface area contributed by atoms with Gasteiger partial charge in [-0.2, -0.15) is 0 Å². The maximum atomic E-state index is 9.44. The molecule has 0 aliphatic heterocycles. The van der Waals surface area contributed by atoms with Crippen LogP contribution < -0.4 is 10.1 Å². The molecule has 2 aromatic rings. The minimum absolute atomic E-state index is 0.0425. The van der Waals surface area contributed by atoms with Crippen molar-refractivity contribution >= 4 is 10.8 Å². The lowest BCUT2D eigenvalue weighted by atomic mass is 9.98. The van der Waals surface area contributed by atoms with Crippen LogP contribution in [0, 0.1) is 0 Å². The predicted molar refractivity (Wildman–Crippen MR) is 69.4 cm³/mol. The van der Waals surface area contributed by atoms with E-state index < -0.39 is 0 Å². The molecule has 0 aromatic heterocycles. The standard InChI is InChI=1S/C14H17NO2/c1-15-12(9-16)14-11-6-4-3-5-10(11)7-8-13(14)17-2/h3-8,12,15-16H,9H2,1-2H3. The number of likely N-dealkylation sites (N-methyl/N-ethyl adjacent to an activating group) is 1. The number of methoxy groups -OCH3 is 1. The van der Waals surface area contributed by atoms with Gasteiger partial charge in [-0.1, -0.05) is 30.3 Å². The Morgan fingerprint density at radius 2 is 2.00 bits per heavy atom. The van der Waals surface area contributed by atoms with E-state index in [1.165, 1.54) is 0 Å². The van der Waals surface area contributed by atoms with Crippen LogP contribution >= 0.6 is 0 Å². The zero-order valence-electron chi connectivity index (χ0n) is 10.1. The van der Waals surface area contributed by atoms with E-state index in [0.29, 0.717) is 0 Å². The van der Waals surface area contributed by atoms with E-state index in [1.54, 1.807) is 7.11 Å². The highest BCUT2D eigenvalue weighted by Gasteiger charge is 2.16. The number of fused-ring (bicyclic) bond motifs is 1. The number of benzene rings is 2. The van der Waals surface area contributed by atoms with Crippen LogP contribution in [-0.4, -0.2) is 25.9 Å². The van der Waals surface area contributed by atoms with Crippen LogP contribution in [0.3, 0.4) is 0 Å². The lowest BCUT2D eigenvalue weighted by molar-refractivity contribution is 0.248. The van der Waals surface area contributed by atoms with Crippen molar-refractivity contribution in [2.24, 2.45) is 0 Å². The molecule has 2 rings (SSSR count). The second-order valence-corrected chi connectivity index (χ2v) is 3.93. The van der Waals surface area contributed by atoms with Crippen molar-refractivity contribution in [2.45, 2.75) is 6.04 Å². The summed E-state index contributed by atoms with van der Waals surface area (Å²) in [4.78, 5) is 0. The van der Waals surface area contributed by atoms with E-state index in [4.69, 9.17) is 4.74 Å². The van der Waals surface area contributed by atoms with E-state index >= 15 is 0 Å². The van der Waals surface area contributed by atoms with Crippen LogP contribution in [0.1, 0.15) is 11.6 Å². The molecule has 3 nitrogen and oxygen atoms in total. The molecule has 17 heavy (non-hydrogen) atoms. The minimum Gasteiger partial charge on any atom is -0.496 e. The van der Waals surface area contributed by atoms with Crippen LogP contribution in [0.5, 0.6) is 5.75 Å². The Hall–Kier alpha value is -1.58. The SMILES string of the molecule is CNC(CO)c1c(OC)ccc2ccccc12. The van der Waals surface area contributed by atoms with Crippen molar-refractivity contribution in [1.29, 1.82) is 0 Å². The molecule has 90 valence electrons. The van der Waals surface area contributed by atoms with Gasteiger partial charge >= 0.3 is 0 Å². The van der Waals surface area contributed by atoms with Gasteiger partial charge in [-0.3, -0.25) is 0 Å². The summed E-state index contributed by atoms with van der Waals surface area (Å²) in [6.07, 6.45) is 0. The molecule has 0 bridgehead atoms. The summed E-state index contributed by atoms with van der Waals surface area (Å²) in [6.45, 7) is 0.0425. The second-order valence-electron chi connectivity index (χ2n) is 3.93. The van der Waals surface area contributed by atoms with Crippen molar-refractivity contribution in [3.8, 4) is 5.75 Å². The largest absolute Gasteiger partial charge is 0.496 e. The lowest BCUT2D eigenvalue weighted by Crippen LogP contribution is -2.21. The molecule has 3 heteroatoms. The van der Waals surface area contributed by atoms with E-state index in [1.807, 2.05) is 37.4 Å². The van der Waals surface area contributed by atoms with Gasteiger partial charge in [0.2, 0.25) is 0 Å². The zero-order valence-corrected chi connectivity index (χ0v) is 10.1. The van der Waals surface area contributed by atoms with Gasteiger partial charge in [0.15, 0.2) is 0 Å². The van der Waals surface area contributed by atoms with Crippen molar-refractivity contribution < 1.29 is 9.84 Å². The second kappa shape index (κ2) is 5.17. The molecular weight excluding hydrogens is 214 g/mol. The fraction of sp³-hybridized carbons (Fsp3) is 0.286. The number of nitrogens with one attached hydrogen (secondary N) is 1. The third-order valence-electron chi connectivity index (χ3n) is 3.03. The van der Waals surface area contributed by atoms with Gasteiger partial charge in [-0.25, -0.2) is 0 Å². The summed E-state index contributed by atoms with van der Waals surface area (Å²) < 4.78 is 5.39. The molecule has 0 saturated heterocycles. The minimum atomic E-state index is -0.115. The monoisotopic (exact) mass is 231 g/mol. The first-order valence-electron chi connectivity index (χ1n) is 5.65. The van der Waals surface area contributed by atoms with Crippen LogP contribution in [0.2, 0.25) is 0 Å². The Kier molecular flexibility index (Phi) is 3.61. The first kappa shape index (κ1) is 11.9. The smallest absolute Gasteiger partial charge is 0.124 e. The Bertz CT molecular complexity index is 507. The molecule has 1 unspecified atom stereocenters. The average Bonchev–Trinajstić information content (AvgIpc) is 2.40. The van der Waals surface area contributed by atoms with Crippen LogP contribution in [-0.2, 0) is 0 Å². The summed E-state index contributed by atoms with van der Waals surface area (Å²) in [5.41, 5.74) is 1.01. The number of ether oxygens (including phenoxy) is 1. The normalized spacial score (nSPS) is 12.6. The van der Waals surface area contributed by atoms with Crippen molar-refractivity contribution in [3.63, 3.8) is 0 Å². The summed E-state index contributed by atoms with van der Waals surface area (Å²) >= 11 is 0. The van der Waals surface area contributed by atoms with Gasteiger partial charge in [0, 0.05) is 5.56 Å². The first-order valence-corrected chi connectivity index (χ1v) is 5.65. The van der Waals surface area contributed by atoms with Gasteiger partial charge in [0.05, 0.1) is 19.8 Å². The maximum absolute atomic E-state index is 9.44. The average molecular weight is 231 g/mol. The zero-order chi connectivity index (χ0) is 12.3. The third-order valence-corrected chi connectivity index (χ3v) is 3.03. The van der Waals surface area contributed by atoms with Gasteiger partial charge in [-0.15, -0.1) is 0 Å². The molecule has 1 atom stereocenters. The molecule has 0 amide bonds. The molecular formula is C14H17NO2. The highest BCUT2D eigenvalue weighted by atomic mass is 16.5. The molecule has 0 aliphatic rings. The molecule has 0 spiro atoms. The van der Waals surface area contributed by atoms with Gasteiger partial charge in [-0.05, 0) is 23.9 Å². The molecule has 2 N–H and O–H groups in total. The van der Waals surface area contributed by atoms with Crippen LogP contribution in [0.25, 0.3) is 10.8 Å². The van der Waals surface area contributed by atoms with Crippen molar-refractivity contribution in [2.75, 3.05) is 20.8 Å². The maximum Gasteiger partial charge on any atom is 0.124 e. The van der Waals surface area contributed by atoms with Gasteiger partial charge < -0.3 is 15.2 Å². The summed E-state index contributed by atoms with van der Waals surface area (Å²) in [5, 5.41) is 14.8. The Labute approximate surface area is 101 Å². The third kappa shape index (κ3) is 2.12. The highest BCUT2D eigenvalue weighted by Crippen LogP contribution is 2.32. The van der Waals surface area contributed by atoms with Crippen molar-refractivity contribution in [3.05, 3.63) is 42.0 Å². The van der Waals surface area contributed by atoms with Gasteiger partial charge in [0.1, 0.15) is 5.75 Å². The topological polar surface area (TPSA) is 41.5 Å². The number of rotatable bonds is 4. The van der Waals surface area contributed by atoms with Crippen LogP contribution in [0.4, 0.5) is 0 Å². The van der Waals surface area contributed by atoms with Gasteiger partial charge in [0.25, 0.3) is 0 Å². The Balaban J connectivity index is 2.70. The Morgan fingerprint density at radius 1 is 1.24 bits per heavy atom. The van der Waals surface area contributed by atoms with Crippen molar-refractivity contribution in [1.82, 2.24) is 5.32 Å². The molecule has 0 radical (unpaired) electrons. The summed E-state index contributed by atoms with van der Waals surface area (Å²) in [5.74, 6) is 0.803. The van der Waals surface area contributed by atoms with E-state index in [-0.39, 0.29) is 12.6 Å².